The SMILES string of the molecule is Nc1nc(NCCN2CCN(c3ccc(C(=O)NCC4COCCN4)cc3F)CC2)nc2nc(-c3ccco3)nn12. The minimum absolute atomic E-state index is 0.0625. The van der Waals surface area contributed by atoms with Gasteiger partial charge in [0, 0.05) is 64.0 Å². The van der Waals surface area contributed by atoms with Crippen LogP contribution in [0.1, 0.15) is 10.4 Å². The van der Waals surface area contributed by atoms with Crippen LogP contribution >= 0.6 is 0 Å². The Morgan fingerprint density at radius 3 is 2.80 bits per heavy atom. The van der Waals surface area contributed by atoms with E-state index in [1.54, 1.807) is 30.5 Å². The second-order valence-corrected chi connectivity index (χ2v) is 9.89. The first-order chi connectivity index (χ1) is 20.0. The maximum Gasteiger partial charge on any atom is 0.259 e. The minimum atomic E-state index is -0.402. The van der Waals surface area contributed by atoms with Gasteiger partial charge in [-0.05, 0) is 30.3 Å². The Labute approximate surface area is 235 Å². The van der Waals surface area contributed by atoms with Gasteiger partial charge in [0.15, 0.2) is 5.76 Å². The molecule has 2 aliphatic rings. The molecule has 0 spiro atoms. The van der Waals surface area contributed by atoms with E-state index in [-0.39, 0.29) is 17.9 Å². The van der Waals surface area contributed by atoms with Crippen molar-refractivity contribution < 1.29 is 18.3 Å². The summed E-state index contributed by atoms with van der Waals surface area (Å²) >= 11 is 0. The number of rotatable bonds is 9. The zero-order chi connectivity index (χ0) is 28.2. The number of nitrogen functional groups attached to an aromatic ring is 1. The number of carbonyl (C=O) groups excluding carboxylic acids is 1. The molecule has 2 saturated heterocycles. The third kappa shape index (κ3) is 6.21. The lowest BCUT2D eigenvalue weighted by molar-refractivity contribution is 0.0734. The van der Waals surface area contributed by atoms with Crippen LogP contribution in [0.4, 0.5) is 22.0 Å². The molecule has 1 unspecified atom stereocenters. The summed E-state index contributed by atoms with van der Waals surface area (Å²) in [5.41, 5.74) is 6.86. The molecule has 6 rings (SSSR count). The summed E-state index contributed by atoms with van der Waals surface area (Å²) in [4.78, 5) is 29.8. The Hall–Kier alpha value is -4.34. The van der Waals surface area contributed by atoms with Crippen LogP contribution in [-0.2, 0) is 4.74 Å². The molecule has 3 aromatic heterocycles. The van der Waals surface area contributed by atoms with Crippen LogP contribution in [0.15, 0.2) is 41.0 Å². The van der Waals surface area contributed by atoms with Crippen molar-refractivity contribution in [3.8, 4) is 11.6 Å². The maximum atomic E-state index is 15.0. The van der Waals surface area contributed by atoms with Crippen LogP contribution in [0.5, 0.6) is 0 Å². The first-order valence-electron chi connectivity index (χ1n) is 13.6. The Balaban J connectivity index is 0.972. The van der Waals surface area contributed by atoms with Crippen molar-refractivity contribution in [3.05, 3.63) is 48.0 Å². The number of nitrogens with two attached hydrogens (primary N) is 1. The number of nitrogens with zero attached hydrogens (tertiary/aromatic N) is 7. The van der Waals surface area contributed by atoms with E-state index in [4.69, 9.17) is 14.9 Å². The van der Waals surface area contributed by atoms with Crippen molar-refractivity contribution in [2.24, 2.45) is 0 Å². The Morgan fingerprint density at radius 2 is 2.05 bits per heavy atom. The van der Waals surface area contributed by atoms with Gasteiger partial charge in [-0.1, -0.05) is 0 Å². The smallest absolute Gasteiger partial charge is 0.259 e. The average Bonchev–Trinajstić information content (AvgIpc) is 3.68. The average molecular weight is 566 g/mol. The van der Waals surface area contributed by atoms with Crippen LogP contribution in [-0.4, -0.2) is 107 Å². The summed E-state index contributed by atoms with van der Waals surface area (Å²) in [5, 5.41) is 13.6. The summed E-state index contributed by atoms with van der Waals surface area (Å²) in [6, 6.07) is 8.23. The number of halogens is 1. The van der Waals surface area contributed by atoms with Crippen molar-refractivity contribution in [1.29, 1.82) is 0 Å². The predicted octanol–water partition coefficient (Wildman–Crippen LogP) is 0.453. The number of nitrogens with one attached hydrogen (secondary N) is 3. The highest BCUT2D eigenvalue weighted by atomic mass is 19.1. The number of aromatic nitrogens is 5. The quantitative estimate of drug-likeness (QED) is 0.222. The van der Waals surface area contributed by atoms with Gasteiger partial charge in [0.1, 0.15) is 5.82 Å². The highest BCUT2D eigenvalue weighted by molar-refractivity contribution is 5.94. The number of benzene rings is 1. The van der Waals surface area contributed by atoms with E-state index in [0.29, 0.717) is 74.0 Å². The molecule has 2 fully saturated rings. The fourth-order valence-corrected chi connectivity index (χ4v) is 4.91. The Morgan fingerprint density at radius 1 is 1.17 bits per heavy atom. The first-order valence-corrected chi connectivity index (χ1v) is 13.6. The lowest BCUT2D eigenvalue weighted by atomic mass is 10.1. The molecule has 2 aliphatic heterocycles. The van der Waals surface area contributed by atoms with E-state index in [2.05, 4.69) is 40.9 Å². The largest absolute Gasteiger partial charge is 0.461 e. The Kier molecular flexibility index (Phi) is 7.89. The molecule has 5 N–H and O–H groups in total. The molecule has 0 saturated carbocycles. The monoisotopic (exact) mass is 565 g/mol. The van der Waals surface area contributed by atoms with Crippen LogP contribution in [0.3, 0.4) is 0 Å². The number of piperazine rings is 1. The van der Waals surface area contributed by atoms with Gasteiger partial charge >= 0.3 is 0 Å². The number of amides is 1. The van der Waals surface area contributed by atoms with Gasteiger partial charge in [0.05, 0.1) is 25.2 Å². The van der Waals surface area contributed by atoms with Crippen molar-refractivity contribution in [1.82, 2.24) is 40.1 Å². The summed E-state index contributed by atoms with van der Waals surface area (Å²) in [6.45, 7) is 6.60. The van der Waals surface area contributed by atoms with Crippen LogP contribution < -0.4 is 26.6 Å². The van der Waals surface area contributed by atoms with Crippen LogP contribution in [0.25, 0.3) is 17.4 Å². The van der Waals surface area contributed by atoms with Crippen LogP contribution in [0, 0.1) is 5.82 Å². The number of hydrogen-bond donors (Lipinski definition) is 4. The number of furan rings is 1. The second kappa shape index (κ2) is 12.0. The molecule has 14 nitrogen and oxygen atoms in total. The predicted molar refractivity (Wildman–Crippen MR) is 149 cm³/mol. The zero-order valence-electron chi connectivity index (χ0n) is 22.4. The molecule has 0 bridgehead atoms. The van der Waals surface area contributed by atoms with E-state index in [9.17, 15) is 9.18 Å². The van der Waals surface area contributed by atoms with Crippen molar-refractivity contribution in [3.63, 3.8) is 0 Å². The molecule has 41 heavy (non-hydrogen) atoms. The lowest BCUT2D eigenvalue weighted by Gasteiger charge is -2.36. The molecule has 5 heterocycles. The molecule has 1 aromatic carbocycles. The normalized spacial score (nSPS) is 18.1. The van der Waals surface area contributed by atoms with E-state index in [1.807, 2.05) is 4.90 Å². The van der Waals surface area contributed by atoms with E-state index in [1.165, 1.54) is 10.6 Å². The van der Waals surface area contributed by atoms with Crippen molar-refractivity contribution in [2.45, 2.75) is 6.04 Å². The van der Waals surface area contributed by atoms with Crippen molar-refractivity contribution in [2.75, 3.05) is 81.5 Å². The zero-order valence-corrected chi connectivity index (χ0v) is 22.4. The number of fused-ring (bicyclic) bond motifs is 1. The lowest BCUT2D eigenvalue weighted by Crippen LogP contribution is -2.48. The van der Waals surface area contributed by atoms with Crippen LogP contribution in [0.2, 0.25) is 0 Å². The molecule has 0 aliphatic carbocycles. The van der Waals surface area contributed by atoms with Gasteiger partial charge in [0.25, 0.3) is 11.7 Å². The molecule has 1 atom stereocenters. The first kappa shape index (κ1) is 26.9. The summed E-state index contributed by atoms with van der Waals surface area (Å²) in [7, 11) is 0. The molecule has 15 heteroatoms. The molecule has 0 radical (unpaired) electrons. The fraction of sp³-hybridized carbons (Fsp3) is 0.423. The third-order valence-corrected chi connectivity index (χ3v) is 7.12. The molecule has 1 amide bonds. The maximum absolute atomic E-state index is 15.0. The number of carbonyl (C=O) groups is 1. The topological polar surface area (TPSA) is 164 Å². The van der Waals surface area contributed by atoms with Gasteiger partial charge in [-0.25, -0.2) is 4.39 Å². The Bertz CT molecular complexity index is 1480. The number of morpholine rings is 1. The number of anilines is 3. The standard InChI is InChI=1S/C26H32FN11O3/c27-19-14-17(23(39)31-15-18-16-40-13-6-29-18)3-4-20(19)37-10-8-36(9-11-37)7-5-30-25-33-24(28)38-26(34-25)32-22(35-38)21-2-1-12-41-21/h1-4,12,14,18,29H,5-11,13,15-16H2,(H,31,39)(H3,28,30,32,33,34,35). The van der Waals surface area contributed by atoms with Crippen molar-refractivity contribution >= 4 is 29.3 Å². The minimum Gasteiger partial charge on any atom is -0.461 e. The van der Waals surface area contributed by atoms with Gasteiger partial charge in [-0.15, -0.1) is 5.10 Å². The molecular weight excluding hydrogens is 533 g/mol. The van der Waals surface area contributed by atoms with E-state index >= 15 is 0 Å². The van der Waals surface area contributed by atoms with Gasteiger partial charge in [-0.3, -0.25) is 9.69 Å². The van der Waals surface area contributed by atoms with Gasteiger partial charge in [-0.2, -0.15) is 19.5 Å². The number of hydrogen-bond acceptors (Lipinski definition) is 12. The summed E-state index contributed by atoms with van der Waals surface area (Å²) in [6.07, 6.45) is 1.55. The molecular formula is C26H32FN11O3. The summed E-state index contributed by atoms with van der Waals surface area (Å²) in [5.74, 6) is 1.04. The molecule has 216 valence electrons. The second-order valence-electron chi connectivity index (χ2n) is 9.89. The van der Waals surface area contributed by atoms with E-state index in [0.717, 1.165) is 26.2 Å². The third-order valence-electron chi connectivity index (χ3n) is 7.12. The van der Waals surface area contributed by atoms with E-state index < -0.39 is 5.82 Å². The molecule has 4 aromatic rings. The number of ether oxygens (including phenoxy) is 1. The highest BCUT2D eigenvalue weighted by Gasteiger charge is 2.21. The highest BCUT2D eigenvalue weighted by Crippen LogP contribution is 2.22. The summed E-state index contributed by atoms with van der Waals surface area (Å²) < 4.78 is 27.1. The van der Waals surface area contributed by atoms with Gasteiger partial charge in [0.2, 0.25) is 17.7 Å². The fourth-order valence-electron chi connectivity index (χ4n) is 4.91. The van der Waals surface area contributed by atoms with Gasteiger partial charge < -0.3 is 35.7 Å².